The number of nitrogens with zero attached hydrogens (tertiary/aromatic N) is 1. The van der Waals surface area contributed by atoms with E-state index < -0.39 is 0 Å². The van der Waals surface area contributed by atoms with Crippen molar-refractivity contribution in [2.75, 3.05) is 13.1 Å². The fraction of sp³-hybridized carbons (Fsp3) is 0.700. The molecule has 1 saturated heterocycles. The van der Waals surface area contributed by atoms with E-state index in [-0.39, 0.29) is 0 Å². The third kappa shape index (κ3) is 2.77. The number of piperidine rings is 1. The van der Waals surface area contributed by atoms with Crippen molar-refractivity contribution in [2.45, 2.75) is 32.4 Å². The van der Waals surface area contributed by atoms with Crippen molar-refractivity contribution < 1.29 is 0 Å². The van der Waals surface area contributed by atoms with Crippen LogP contribution in [0.3, 0.4) is 0 Å². The number of nitrogens with one attached hydrogen (secondary N) is 2. The molecule has 1 aromatic rings. The van der Waals surface area contributed by atoms with Crippen molar-refractivity contribution in [3.63, 3.8) is 0 Å². The van der Waals surface area contributed by atoms with Gasteiger partial charge in [0, 0.05) is 30.2 Å². The van der Waals surface area contributed by atoms with Crippen LogP contribution < -0.4 is 10.6 Å². The van der Waals surface area contributed by atoms with Gasteiger partial charge in [-0.25, -0.2) is 4.98 Å². The molecular weight excluding hydrogens is 194 g/mol. The van der Waals surface area contributed by atoms with E-state index >= 15 is 0 Å². The maximum atomic E-state index is 4.24. The maximum Gasteiger partial charge on any atom is 0.0897 e. The Morgan fingerprint density at radius 3 is 3.29 bits per heavy atom. The fourth-order valence-corrected chi connectivity index (χ4v) is 2.50. The molecular formula is C10H17N3S. The summed E-state index contributed by atoms with van der Waals surface area (Å²) < 4.78 is 0. The van der Waals surface area contributed by atoms with Crippen molar-refractivity contribution in [3.05, 3.63) is 16.1 Å². The molecule has 2 heterocycles. The van der Waals surface area contributed by atoms with Crippen LogP contribution in [0.15, 0.2) is 6.20 Å². The van der Waals surface area contributed by atoms with Crippen LogP contribution in [0.5, 0.6) is 0 Å². The SMILES string of the molecule is Cc1ncc(CNC2CCCNC2)s1. The highest BCUT2D eigenvalue weighted by Gasteiger charge is 2.11. The highest BCUT2D eigenvalue weighted by Crippen LogP contribution is 2.11. The zero-order valence-corrected chi connectivity index (χ0v) is 9.36. The van der Waals surface area contributed by atoms with Crippen LogP contribution in [0, 0.1) is 6.92 Å². The average molecular weight is 211 g/mol. The second-order valence-corrected chi connectivity index (χ2v) is 5.09. The summed E-state index contributed by atoms with van der Waals surface area (Å²) >= 11 is 1.78. The number of hydrogen-bond acceptors (Lipinski definition) is 4. The first-order chi connectivity index (χ1) is 6.84. The van der Waals surface area contributed by atoms with E-state index in [2.05, 4.69) is 22.5 Å². The van der Waals surface area contributed by atoms with Gasteiger partial charge in [-0.1, -0.05) is 0 Å². The van der Waals surface area contributed by atoms with E-state index in [1.165, 1.54) is 24.3 Å². The van der Waals surface area contributed by atoms with Gasteiger partial charge in [-0.2, -0.15) is 0 Å². The summed E-state index contributed by atoms with van der Waals surface area (Å²) in [6.07, 6.45) is 4.56. The Balaban J connectivity index is 1.76. The topological polar surface area (TPSA) is 37.0 Å². The van der Waals surface area contributed by atoms with E-state index in [1.54, 1.807) is 11.3 Å². The maximum absolute atomic E-state index is 4.24. The van der Waals surface area contributed by atoms with Crippen LogP contribution in [0.2, 0.25) is 0 Å². The lowest BCUT2D eigenvalue weighted by Crippen LogP contribution is -2.42. The summed E-state index contributed by atoms with van der Waals surface area (Å²) in [5, 5.41) is 8.12. The van der Waals surface area contributed by atoms with Crippen LogP contribution >= 0.6 is 11.3 Å². The average Bonchev–Trinajstić information content (AvgIpc) is 2.63. The Kier molecular flexibility index (Phi) is 3.50. The normalized spacial score (nSPS) is 22.5. The molecule has 3 nitrogen and oxygen atoms in total. The number of hydrogen-bond donors (Lipinski definition) is 2. The number of aryl methyl sites for hydroxylation is 1. The van der Waals surface area contributed by atoms with Gasteiger partial charge in [-0.3, -0.25) is 0 Å². The second kappa shape index (κ2) is 4.87. The van der Waals surface area contributed by atoms with Gasteiger partial charge >= 0.3 is 0 Å². The molecule has 0 spiro atoms. The molecule has 1 aliphatic rings. The zero-order chi connectivity index (χ0) is 9.80. The highest BCUT2D eigenvalue weighted by atomic mass is 32.1. The molecule has 0 radical (unpaired) electrons. The molecule has 0 bridgehead atoms. The molecule has 78 valence electrons. The van der Waals surface area contributed by atoms with Gasteiger partial charge < -0.3 is 10.6 Å². The third-order valence-corrected chi connectivity index (χ3v) is 3.44. The lowest BCUT2D eigenvalue weighted by Gasteiger charge is -2.23. The zero-order valence-electron chi connectivity index (χ0n) is 8.55. The summed E-state index contributed by atoms with van der Waals surface area (Å²) in [6.45, 7) is 5.31. The summed E-state index contributed by atoms with van der Waals surface area (Å²) in [7, 11) is 0. The molecule has 1 atom stereocenters. The van der Waals surface area contributed by atoms with Crippen molar-refractivity contribution in [3.8, 4) is 0 Å². The van der Waals surface area contributed by atoms with Gasteiger partial charge in [-0.15, -0.1) is 11.3 Å². The monoisotopic (exact) mass is 211 g/mol. The molecule has 14 heavy (non-hydrogen) atoms. The molecule has 0 saturated carbocycles. The Morgan fingerprint density at radius 1 is 1.71 bits per heavy atom. The van der Waals surface area contributed by atoms with Gasteiger partial charge in [0.25, 0.3) is 0 Å². The fourth-order valence-electron chi connectivity index (χ4n) is 1.76. The van der Waals surface area contributed by atoms with Crippen LogP contribution in [-0.2, 0) is 6.54 Å². The molecule has 4 heteroatoms. The van der Waals surface area contributed by atoms with Gasteiger partial charge in [0.05, 0.1) is 5.01 Å². The molecule has 2 N–H and O–H groups in total. The van der Waals surface area contributed by atoms with Crippen molar-refractivity contribution in [1.29, 1.82) is 0 Å². The van der Waals surface area contributed by atoms with E-state index in [0.717, 1.165) is 18.1 Å². The predicted molar refractivity (Wildman–Crippen MR) is 59.6 cm³/mol. The third-order valence-electron chi connectivity index (χ3n) is 2.53. The first kappa shape index (κ1) is 10.1. The van der Waals surface area contributed by atoms with E-state index in [1.807, 2.05) is 6.20 Å². The number of thiazole rings is 1. The summed E-state index contributed by atoms with van der Waals surface area (Å²) in [5.41, 5.74) is 0. The van der Waals surface area contributed by atoms with Crippen LogP contribution in [0.25, 0.3) is 0 Å². The first-order valence-electron chi connectivity index (χ1n) is 5.20. The van der Waals surface area contributed by atoms with Crippen LogP contribution in [0.4, 0.5) is 0 Å². The molecule has 0 amide bonds. The van der Waals surface area contributed by atoms with Gasteiger partial charge in [0.15, 0.2) is 0 Å². The molecule has 0 aliphatic carbocycles. The molecule has 1 aliphatic heterocycles. The van der Waals surface area contributed by atoms with Crippen molar-refractivity contribution >= 4 is 11.3 Å². The first-order valence-corrected chi connectivity index (χ1v) is 6.01. The summed E-state index contributed by atoms with van der Waals surface area (Å²) in [6, 6.07) is 0.645. The lowest BCUT2D eigenvalue weighted by atomic mass is 10.1. The second-order valence-electron chi connectivity index (χ2n) is 3.77. The smallest absolute Gasteiger partial charge is 0.0897 e. The largest absolute Gasteiger partial charge is 0.315 e. The number of aromatic nitrogens is 1. The lowest BCUT2D eigenvalue weighted by molar-refractivity contribution is 0.390. The number of rotatable bonds is 3. The van der Waals surface area contributed by atoms with Gasteiger partial charge in [-0.05, 0) is 26.3 Å². The van der Waals surface area contributed by atoms with Crippen molar-refractivity contribution in [2.24, 2.45) is 0 Å². The van der Waals surface area contributed by atoms with Gasteiger partial charge in [0.2, 0.25) is 0 Å². The van der Waals surface area contributed by atoms with Crippen molar-refractivity contribution in [1.82, 2.24) is 15.6 Å². The Labute approximate surface area is 88.9 Å². The Bertz CT molecular complexity index is 279. The minimum atomic E-state index is 0.645. The van der Waals surface area contributed by atoms with E-state index in [4.69, 9.17) is 0 Å². The quantitative estimate of drug-likeness (QED) is 0.791. The summed E-state index contributed by atoms with van der Waals surface area (Å²) in [4.78, 5) is 5.58. The minimum Gasteiger partial charge on any atom is -0.315 e. The minimum absolute atomic E-state index is 0.645. The molecule has 2 rings (SSSR count). The summed E-state index contributed by atoms with van der Waals surface area (Å²) in [5.74, 6) is 0. The standard InChI is InChI=1S/C10H17N3S/c1-8-12-6-10(14-8)7-13-9-3-2-4-11-5-9/h6,9,11,13H,2-5,7H2,1H3. The molecule has 1 fully saturated rings. The Hall–Kier alpha value is -0.450. The van der Waals surface area contributed by atoms with Crippen LogP contribution in [-0.4, -0.2) is 24.1 Å². The van der Waals surface area contributed by atoms with E-state index in [0.29, 0.717) is 6.04 Å². The predicted octanol–water partition coefficient (Wildman–Crippen LogP) is 1.29. The molecule has 0 aromatic carbocycles. The molecule has 1 aromatic heterocycles. The highest BCUT2D eigenvalue weighted by molar-refractivity contribution is 7.11. The van der Waals surface area contributed by atoms with Gasteiger partial charge in [0.1, 0.15) is 0 Å². The molecule has 1 unspecified atom stereocenters. The van der Waals surface area contributed by atoms with Crippen LogP contribution in [0.1, 0.15) is 22.7 Å². The van der Waals surface area contributed by atoms with E-state index in [9.17, 15) is 0 Å². The Morgan fingerprint density at radius 2 is 2.64 bits per heavy atom.